The first kappa shape index (κ1) is 35.6. The van der Waals surface area contributed by atoms with Crippen LogP contribution in [0.3, 0.4) is 0 Å². The molecule has 0 spiro atoms. The number of anilines is 1. The van der Waals surface area contributed by atoms with Crippen molar-refractivity contribution >= 4 is 23.9 Å². The first-order valence-corrected chi connectivity index (χ1v) is 15.1. The highest BCUT2D eigenvalue weighted by Gasteiger charge is 2.41. The molecule has 45 heavy (non-hydrogen) atoms. The molecule has 1 saturated carbocycles. The van der Waals surface area contributed by atoms with Gasteiger partial charge in [0.2, 0.25) is 5.91 Å². The Balaban J connectivity index is 0.000000309. The number of nitrogens with zero attached hydrogens (tertiary/aromatic N) is 6. The van der Waals surface area contributed by atoms with Gasteiger partial charge in [0.05, 0.1) is 23.6 Å². The number of alkyl halides is 3. The number of piperidine rings is 2. The van der Waals surface area contributed by atoms with Crippen LogP contribution in [-0.2, 0) is 16.5 Å². The Hall–Kier alpha value is -3.90. The van der Waals surface area contributed by atoms with E-state index >= 15 is 0 Å². The SMILES string of the molecule is CC.CN1CCC(N2CCC(CC#N)(n3cc(C(N)=O)c(NC(=O)C4CC4)n3)CC2)CC1.O=Cc1ccnc(C(F)(F)F)c1F. The first-order valence-electron chi connectivity index (χ1n) is 15.1. The van der Waals surface area contributed by atoms with Crippen LogP contribution in [0.4, 0.5) is 23.4 Å². The standard InChI is InChI=1S/C21H31N7O2.C7H3F4NO.C2H6/c1-26-10-4-16(5-11-26)27-12-7-21(6-9-22,8-13-27)28-14-17(18(23)29)19(25-28)24-20(30)15-2-3-15;8-5-4(3-13)1-2-12-6(5)7(9,10)11;1-2/h14-16H,2-8,10-13H2,1H3,(H2,23,29)(H,24,25,30);1-3H;1-2H3. The molecule has 4 heterocycles. The quantitative estimate of drug-likeness (QED) is 0.339. The molecule has 0 unspecified atom stereocenters. The van der Waals surface area contributed by atoms with Crippen molar-refractivity contribution in [1.29, 1.82) is 5.26 Å². The molecule has 1 aliphatic carbocycles. The molecule has 2 aliphatic heterocycles. The Morgan fingerprint density at radius 2 is 1.78 bits per heavy atom. The van der Waals surface area contributed by atoms with Crippen LogP contribution in [0.15, 0.2) is 18.5 Å². The van der Waals surface area contributed by atoms with Gasteiger partial charge in [-0.2, -0.15) is 23.5 Å². The number of primary amides is 1. The van der Waals surface area contributed by atoms with Gasteiger partial charge in [-0.3, -0.25) is 19.1 Å². The fourth-order valence-corrected chi connectivity index (χ4v) is 5.50. The number of aldehydes is 1. The molecule has 246 valence electrons. The summed E-state index contributed by atoms with van der Waals surface area (Å²) < 4.78 is 50.3. The van der Waals surface area contributed by atoms with E-state index in [2.05, 4.69) is 38.3 Å². The minimum Gasteiger partial charge on any atom is -0.365 e. The van der Waals surface area contributed by atoms with Gasteiger partial charge in [0.15, 0.2) is 23.6 Å². The maximum Gasteiger partial charge on any atom is 0.436 e. The number of halogens is 4. The van der Waals surface area contributed by atoms with Gasteiger partial charge in [-0.1, -0.05) is 13.8 Å². The Bertz CT molecular complexity index is 1370. The van der Waals surface area contributed by atoms with E-state index in [0.29, 0.717) is 12.5 Å². The number of hydrogen-bond donors (Lipinski definition) is 2. The maximum atomic E-state index is 12.8. The molecule has 2 amide bonds. The topological polar surface area (TPSA) is 150 Å². The fraction of sp³-hybridized carbons (Fsp3) is 0.600. The molecule has 2 aromatic rings. The summed E-state index contributed by atoms with van der Waals surface area (Å²) in [6, 6.07) is 3.78. The average Bonchev–Trinajstić information content (AvgIpc) is 3.78. The van der Waals surface area contributed by atoms with E-state index in [1.165, 1.54) is 12.8 Å². The second-order valence-corrected chi connectivity index (χ2v) is 11.3. The molecule has 0 aromatic carbocycles. The predicted molar refractivity (Wildman–Crippen MR) is 158 cm³/mol. The molecule has 3 fully saturated rings. The molecule has 2 saturated heterocycles. The number of carbonyl (C=O) groups is 3. The van der Waals surface area contributed by atoms with Crippen LogP contribution >= 0.6 is 0 Å². The molecule has 2 aromatic heterocycles. The Morgan fingerprint density at radius 1 is 1.16 bits per heavy atom. The Kier molecular flexibility index (Phi) is 12.2. The predicted octanol–water partition coefficient (Wildman–Crippen LogP) is 4.21. The van der Waals surface area contributed by atoms with E-state index in [1.54, 1.807) is 10.9 Å². The van der Waals surface area contributed by atoms with Gasteiger partial charge < -0.3 is 20.9 Å². The molecule has 3 N–H and O–H groups in total. The number of pyridine rings is 1. The number of carbonyl (C=O) groups excluding carboxylic acids is 3. The van der Waals surface area contributed by atoms with Gasteiger partial charge in [0, 0.05) is 37.4 Å². The second-order valence-electron chi connectivity index (χ2n) is 11.3. The summed E-state index contributed by atoms with van der Waals surface area (Å²) in [5.74, 6) is -2.15. The Morgan fingerprint density at radius 3 is 2.29 bits per heavy atom. The number of likely N-dealkylation sites (tertiary alicyclic amines) is 2. The van der Waals surface area contributed by atoms with E-state index in [-0.39, 0.29) is 29.5 Å². The van der Waals surface area contributed by atoms with Crippen LogP contribution < -0.4 is 11.1 Å². The molecule has 11 nitrogen and oxygen atoms in total. The molecule has 3 aliphatic rings. The third kappa shape index (κ3) is 8.85. The van der Waals surface area contributed by atoms with Crippen LogP contribution in [0, 0.1) is 23.1 Å². The average molecular weight is 637 g/mol. The molecule has 5 rings (SSSR count). The van der Waals surface area contributed by atoms with Crippen molar-refractivity contribution in [2.75, 3.05) is 38.5 Å². The fourth-order valence-electron chi connectivity index (χ4n) is 5.50. The van der Waals surface area contributed by atoms with Crippen molar-refractivity contribution in [2.45, 2.75) is 76.6 Å². The van der Waals surface area contributed by atoms with E-state index in [9.17, 15) is 37.2 Å². The van der Waals surface area contributed by atoms with Crippen LogP contribution in [0.25, 0.3) is 0 Å². The van der Waals surface area contributed by atoms with Crippen molar-refractivity contribution in [3.05, 3.63) is 41.1 Å². The van der Waals surface area contributed by atoms with E-state index in [1.807, 2.05) is 13.8 Å². The Labute approximate surface area is 259 Å². The lowest BCUT2D eigenvalue weighted by Gasteiger charge is -2.45. The molecule has 0 bridgehead atoms. The minimum absolute atomic E-state index is 0.00159. The summed E-state index contributed by atoms with van der Waals surface area (Å²) in [7, 11) is 2.16. The van der Waals surface area contributed by atoms with Crippen LogP contribution in [0.5, 0.6) is 0 Å². The summed E-state index contributed by atoms with van der Waals surface area (Å²) in [6.45, 7) is 8.03. The summed E-state index contributed by atoms with van der Waals surface area (Å²) in [4.78, 5) is 42.0. The number of nitriles is 1. The highest BCUT2D eigenvalue weighted by atomic mass is 19.4. The number of amides is 2. The normalized spacial score (nSPS) is 18.8. The lowest BCUT2D eigenvalue weighted by molar-refractivity contribution is -0.143. The van der Waals surface area contributed by atoms with Gasteiger partial charge in [0.25, 0.3) is 5.91 Å². The number of rotatable bonds is 7. The van der Waals surface area contributed by atoms with Crippen molar-refractivity contribution in [2.24, 2.45) is 11.7 Å². The molecule has 0 radical (unpaired) electrons. The largest absolute Gasteiger partial charge is 0.436 e. The van der Waals surface area contributed by atoms with Crippen LogP contribution in [0.1, 0.15) is 85.2 Å². The highest BCUT2D eigenvalue weighted by Crippen LogP contribution is 2.37. The zero-order chi connectivity index (χ0) is 33.4. The monoisotopic (exact) mass is 636 g/mol. The first-order chi connectivity index (χ1) is 21.4. The van der Waals surface area contributed by atoms with E-state index in [0.717, 1.165) is 64.1 Å². The highest BCUT2D eigenvalue weighted by molar-refractivity contribution is 6.02. The number of nitrogens with one attached hydrogen (secondary N) is 1. The van der Waals surface area contributed by atoms with E-state index in [4.69, 9.17) is 5.73 Å². The minimum atomic E-state index is -4.87. The second kappa shape index (κ2) is 15.4. The van der Waals surface area contributed by atoms with Gasteiger partial charge >= 0.3 is 6.18 Å². The maximum absolute atomic E-state index is 12.8. The molecule has 0 atom stereocenters. The van der Waals surface area contributed by atoms with Gasteiger partial charge in [-0.25, -0.2) is 9.37 Å². The number of nitrogens with two attached hydrogens (primary N) is 1. The summed E-state index contributed by atoms with van der Waals surface area (Å²) in [6.07, 6.45) is 3.43. The lowest BCUT2D eigenvalue weighted by atomic mass is 9.83. The van der Waals surface area contributed by atoms with Crippen LogP contribution in [0.2, 0.25) is 0 Å². The van der Waals surface area contributed by atoms with Crippen molar-refractivity contribution in [3.8, 4) is 6.07 Å². The summed E-state index contributed by atoms with van der Waals surface area (Å²) >= 11 is 0. The zero-order valence-electron chi connectivity index (χ0n) is 25.7. The lowest BCUT2D eigenvalue weighted by Crippen LogP contribution is -2.52. The molecular weight excluding hydrogens is 596 g/mol. The van der Waals surface area contributed by atoms with Crippen molar-refractivity contribution < 1.29 is 31.9 Å². The zero-order valence-corrected chi connectivity index (χ0v) is 25.7. The van der Waals surface area contributed by atoms with E-state index < -0.39 is 34.7 Å². The smallest absolute Gasteiger partial charge is 0.365 e. The molecule has 15 heteroatoms. The summed E-state index contributed by atoms with van der Waals surface area (Å²) in [5, 5.41) is 16.8. The molecular formula is C30H40F4N8O3. The van der Waals surface area contributed by atoms with Gasteiger partial charge in [-0.15, -0.1) is 0 Å². The third-order valence-corrected chi connectivity index (χ3v) is 8.31. The van der Waals surface area contributed by atoms with Crippen molar-refractivity contribution in [3.63, 3.8) is 0 Å². The number of hydrogen-bond acceptors (Lipinski definition) is 8. The third-order valence-electron chi connectivity index (χ3n) is 8.31. The summed E-state index contributed by atoms with van der Waals surface area (Å²) in [5.41, 5.74) is 2.96. The van der Waals surface area contributed by atoms with Crippen molar-refractivity contribution in [1.82, 2.24) is 24.6 Å². The van der Waals surface area contributed by atoms with Gasteiger partial charge in [0.1, 0.15) is 5.56 Å². The van der Waals surface area contributed by atoms with Gasteiger partial charge in [-0.05, 0) is 64.7 Å². The number of aromatic nitrogens is 3. The van der Waals surface area contributed by atoms with Crippen LogP contribution in [-0.4, -0.2) is 81.9 Å².